The van der Waals surface area contributed by atoms with E-state index in [1.807, 2.05) is 26.4 Å². The Kier molecular flexibility index (Phi) is 3.72. The number of anilines is 1. The van der Waals surface area contributed by atoms with Gasteiger partial charge in [-0.2, -0.15) is 0 Å². The van der Waals surface area contributed by atoms with Crippen molar-refractivity contribution in [2.45, 2.75) is 44.7 Å². The normalized spacial score (nSPS) is 25.4. The Bertz CT molecular complexity index is 314. The molecule has 0 spiro atoms. The Morgan fingerprint density at radius 2 is 1.62 bits per heavy atom. The summed E-state index contributed by atoms with van der Waals surface area (Å²) in [5.74, 6) is 0.763. The summed E-state index contributed by atoms with van der Waals surface area (Å²) in [5.41, 5.74) is 1.10. The van der Waals surface area contributed by atoms with E-state index in [9.17, 15) is 0 Å². The molecule has 2 rings (SSSR count). The summed E-state index contributed by atoms with van der Waals surface area (Å²) in [5, 5.41) is 6.74. The van der Waals surface area contributed by atoms with E-state index in [0.29, 0.717) is 12.1 Å². The van der Waals surface area contributed by atoms with Gasteiger partial charge in [0.2, 0.25) is 5.95 Å². The van der Waals surface area contributed by atoms with Crippen molar-refractivity contribution in [2.24, 2.45) is 0 Å². The van der Waals surface area contributed by atoms with E-state index < -0.39 is 0 Å². The van der Waals surface area contributed by atoms with Gasteiger partial charge in [-0.05, 0) is 45.2 Å². The van der Waals surface area contributed by atoms with Gasteiger partial charge in [0.1, 0.15) is 0 Å². The van der Waals surface area contributed by atoms with Crippen LogP contribution in [0.5, 0.6) is 0 Å². The zero-order valence-corrected chi connectivity index (χ0v) is 10.0. The third-order valence-corrected chi connectivity index (χ3v) is 3.25. The van der Waals surface area contributed by atoms with Crippen molar-refractivity contribution in [3.05, 3.63) is 18.0 Å². The van der Waals surface area contributed by atoms with Gasteiger partial charge in [-0.15, -0.1) is 0 Å². The highest BCUT2D eigenvalue weighted by atomic mass is 15.1. The van der Waals surface area contributed by atoms with Crippen LogP contribution in [0.4, 0.5) is 5.95 Å². The summed E-state index contributed by atoms with van der Waals surface area (Å²) in [4.78, 5) is 8.55. The van der Waals surface area contributed by atoms with Crippen LogP contribution in [-0.2, 0) is 0 Å². The number of rotatable bonds is 3. The molecule has 1 fully saturated rings. The van der Waals surface area contributed by atoms with E-state index in [1.165, 1.54) is 25.7 Å². The highest BCUT2D eigenvalue weighted by Crippen LogP contribution is 2.20. The molecule has 16 heavy (non-hydrogen) atoms. The summed E-state index contributed by atoms with van der Waals surface area (Å²) in [6.07, 6.45) is 8.58. The highest BCUT2D eigenvalue weighted by molar-refractivity contribution is 5.26. The Morgan fingerprint density at radius 3 is 2.19 bits per heavy atom. The lowest BCUT2D eigenvalue weighted by Crippen LogP contribution is -2.35. The first-order valence-corrected chi connectivity index (χ1v) is 6.00. The lowest BCUT2D eigenvalue weighted by atomic mass is 9.91. The molecule has 4 nitrogen and oxygen atoms in total. The minimum Gasteiger partial charge on any atom is -0.351 e. The fraction of sp³-hybridized carbons (Fsp3) is 0.667. The number of nitrogens with zero attached hydrogens (tertiary/aromatic N) is 2. The van der Waals surface area contributed by atoms with Gasteiger partial charge >= 0.3 is 0 Å². The van der Waals surface area contributed by atoms with Crippen molar-refractivity contribution >= 4 is 5.95 Å². The Morgan fingerprint density at radius 1 is 1.06 bits per heavy atom. The van der Waals surface area contributed by atoms with Crippen molar-refractivity contribution in [2.75, 3.05) is 12.4 Å². The first-order valence-electron chi connectivity index (χ1n) is 6.00. The average Bonchev–Trinajstić information content (AvgIpc) is 2.33. The second kappa shape index (κ2) is 5.25. The molecule has 1 aromatic heterocycles. The van der Waals surface area contributed by atoms with Gasteiger partial charge in [0, 0.05) is 24.5 Å². The highest BCUT2D eigenvalue weighted by Gasteiger charge is 2.20. The average molecular weight is 220 g/mol. The second-order valence-electron chi connectivity index (χ2n) is 4.57. The summed E-state index contributed by atoms with van der Waals surface area (Å²) in [6, 6.07) is 1.23. The van der Waals surface area contributed by atoms with Crippen LogP contribution in [0.2, 0.25) is 0 Å². The number of aryl methyl sites for hydroxylation is 1. The minimum atomic E-state index is 0.535. The molecule has 0 saturated heterocycles. The Labute approximate surface area is 96.9 Å². The van der Waals surface area contributed by atoms with E-state index in [4.69, 9.17) is 0 Å². The SMILES string of the molecule is CNC1CCC(Nc2ncc(C)cn2)CC1. The topological polar surface area (TPSA) is 49.8 Å². The molecule has 1 aliphatic rings. The molecule has 1 saturated carbocycles. The number of nitrogens with one attached hydrogen (secondary N) is 2. The maximum atomic E-state index is 4.27. The van der Waals surface area contributed by atoms with E-state index in [1.54, 1.807) is 0 Å². The third-order valence-electron chi connectivity index (χ3n) is 3.25. The van der Waals surface area contributed by atoms with Crippen LogP contribution in [-0.4, -0.2) is 29.1 Å². The monoisotopic (exact) mass is 220 g/mol. The van der Waals surface area contributed by atoms with Gasteiger partial charge in [-0.3, -0.25) is 0 Å². The quantitative estimate of drug-likeness (QED) is 0.814. The zero-order valence-electron chi connectivity index (χ0n) is 10.0. The van der Waals surface area contributed by atoms with Crippen LogP contribution in [0.15, 0.2) is 12.4 Å². The van der Waals surface area contributed by atoms with E-state index >= 15 is 0 Å². The molecule has 0 amide bonds. The van der Waals surface area contributed by atoms with Gasteiger partial charge in [0.15, 0.2) is 0 Å². The van der Waals surface area contributed by atoms with Crippen LogP contribution in [0.1, 0.15) is 31.2 Å². The first kappa shape index (κ1) is 11.3. The van der Waals surface area contributed by atoms with Crippen LogP contribution in [0, 0.1) is 6.92 Å². The van der Waals surface area contributed by atoms with Crippen molar-refractivity contribution < 1.29 is 0 Å². The molecule has 0 unspecified atom stereocenters. The third kappa shape index (κ3) is 2.92. The maximum absolute atomic E-state index is 4.27. The summed E-state index contributed by atoms with van der Waals surface area (Å²) in [6.45, 7) is 2.00. The molecule has 0 bridgehead atoms. The van der Waals surface area contributed by atoms with Gasteiger partial charge < -0.3 is 10.6 Å². The fourth-order valence-electron chi connectivity index (χ4n) is 2.18. The van der Waals surface area contributed by atoms with E-state index in [0.717, 1.165) is 11.5 Å². The van der Waals surface area contributed by atoms with Gasteiger partial charge in [0.05, 0.1) is 0 Å². The van der Waals surface area contributed by atoms with Crippen molar-refractivity contribution in [1.82, 2.24) is 15.3 Å². The fourth-order valence-corrected chi connectivity index (χ4v) is 2.18. The van der Waals surface area contributed by atoms with Gasteiger partial charge in [-0.25, -0.2) is 9.97 Å². The lowest BCUT2D eigenvalue weighted by Gasteiger charge is -2.28. The smallest absolute Gasteiger partial charge is 0.222 e. The Hall–Kier alpha value is -1.16. The molecular weight excluding hydrogens is 200 g/mol. The summed E-state index contributed by atoms with van der Waals surface area (Å²) in [7, 11) is 2.04. The molecule has 1 heterocycles. The Balaban J connectivity index is 1.84. The molecule has 0 aromatic carbocycles. The first-order chi connectivity index (χ1) is 7.78. The van der Waals surface area contributed by atoms with Crippen molar-refractivity contribution in [3.63, 3.8) is 0 Å². The molecule has 1 aliphatic carbocycles. The standard InChI is InChI=1S/C12H20N4/c1-9-7-14-12(15-8-9)16-11-5-3-10(13-2)4-6-11/h7-8,10-11,13H,3-6H2,1-2H3,(H,14,15,16). The minimum absolute atomic E-state index is 0.535. The molecule has 0 radical (unpaired) electrons. The van der Waals surface area contributed by atoms with Crippen LogP contribution < -0.4 is 10.6 Å². The molecule has 2 N–H and O–H groups in total. The van der Waals surface area contributed by atoms with Gasteiger partial charge in [0.25, 0.3) is 0 Å². The summed E-state index contributed by atoms with van der Waals surface area (Å²) >= 11 is 0. The molecule has 0 atom stereocenters. The number of hydrogen-bond donors (Lipinski definition) is 2. The molecule has 4 heteroatoms. The molecule has 88 valence electrons. The van der Waals surface area contributed by atoms with Crippen molar-refractivity contribution in [1.29, 1.82) is 0 Å². The van der Waals surface area contributed by atoms with Gasteiger partial charge in [-0.1, -0.05) is 0 Å². The number of hydrogen-bond acceptors (Lipinski definition) is 4. The van der Waals surface area contributed by atoms with Crippen LogP contribution >= 0.6 is 0 Å². The van der Waals surface area contributed by atoms with Crippen LogP contribution in [0.25, 0.3) is 0 Å². The second-order valence-corrected chi connectivity index (χ2v) is 4.57. The predicted molar refractivity (Wildman–Crippen MR) is 65.5 cm³/mol. The zero-order chi connectivity index (χ0) is 11.4. The number of aromatic nitrogens is 2. The largest absolute Gasteiger partial charge is 0.351 e. The van der Waals surface area contributed by atoms with E-state index in [2.05, 4.69) is 20.6 Å². The lowest BCUT2D eigenvalue weighted by molar-refractivity contribution is 0.370. The maximum Gasteiger partial charge on any atom is 0.222 e. The molecule has 1 aromatic rings. The molecular formula is C12H20N4. The van der Waals surface area contributed by atoms with E-state index in [-0.39, 0.29) is 0 Å². The predicted octanol–water partition coefficient (Wildman–Crippen LogP) is 1.73. The molecule has 0 aliphatic heterocycles. The summed E-state index contributed by atoms with van der Waals surface area (Å²) < 4.78 is 0. The van der Waals surface area contributed by atoms with Crippen LogP contribution in [0.3, 0.4) is 0 Å². The van der Waals surface area contributed by atoms with Crippen molar-refractivity contribution in [3.8, 4) is 0 Å².